The average Bonchev–Trinajstić information content (AvgIpc) is 3.02. The number of hydrogen-bond donors (Lipinski definition) is 1. The Hall–Kier alpha value is -2.34. The molecule has 0 amide bonds. The first-order valence-corrected chi connectivity index (χ1v) is 8.57. The second-order valence-corrected chi connectivity index (χ2v) is 6.67. The van der Waals surface area contributed by atoms with Crippen LogP contribution in [0.5, 0.6) is 11.5 Å². The Kier molecular flexibility index (Phi) is 4.85. The number of methoxy groups -OCH3 is 2. The third-order valence-electron chi connectivity index (χ3n) is 4.13. The number of carbonyl (C=O) groups is 1. The molecular weight excluding hydrogens is 326 g/mol. The predicted molar refractivity (Wildman–Crippen MR) is 93.9 cm³/mol. The molecule has 1 unspecified atom stereocenters. The van der Waals surface area contributed by atoms with Crippen LogP contribution in [0.25, 0.3) is 12.2 Å². The minimum absolute atomic E-state index is 0.479. The molecule has 0 aliphatic heterocycles. The van der Waals surface area contributed by atoms with E-state index in [4.69, 9.17) is 9.47 Å². The van der Waals surface area contributed by atoms with Crippen LogP contribution in [0, 0.1) is 0 Å². The van der Waals surface area contributed by atoms with E-state index < -0.39 is 11.9 Å². The molecule has 24 heavy (non-hydrogen) atoms. The van der Waals surface area contributed by atoms with Gasteiger partial charge in [-0.05, 0) is 43.5 Å². The molecule has 0 radical (unpaired) electrons. The van der Waals surface area contributed by atoms with Crippen molar-refractivity contribution in [1.29, 1.82) is 0 Å². The molecule has 0 fully saturated rings. The van der Waals surface area contributed by atoms with Crippen LogP contribution in [0.3, 0.4) is 0 Å². The number of carboxylic acid groups (broad SMARTS) is 1. The van der Waals surface area contributed by atoms with E-state index in [9.17, 15) is 9.90 Å². The summed E-state index contributed by atoms with van der Waals surface area (Å²) in [4.78, 5) is 17.0. The van der Waals surface area contributed by atoms with Crippen molar-refractivity contribution in [1.82, 2.24) is 4.98 Å². The number of aromatic nitrogens is 1. The van der Waals surface area contributed by atoms with Gasteiger partial charge < -0.3 is 14.6 Å². The van der Waals surface area contributed by atoms with Crippen molar-refractivity contribution >= 4 is 29.5 Å². The Labute approximate surface area is 144 Å². The zero-order valence-corrected chi connectivity index (χ0v) is 14.4. The van der Waals surface area contributed by atoms with Gasteiger partial charge in [0.05, 0.1) is 31.4 Å². The van der Waals surface area contributed by atoms with Gasteiger partial charge in [-0.25, -0.2) is 4.98 Å². The standard InChI is InChI=1S/C18H19NO4S/c1-22-13-6-4-7-14(23-2)11(13)9-10-16-19-17-12(18(20)21)5-3-8-15(17)24-16/h4,6-7,9-10,12H,3,5,8H2,1-2H3,(H,20,21)/b10-9+. The quantitative estimate of drug-likeness (QED) is 0.892. The Morgan fingerprint density at radius 3 is 2.62 bits per heavy atom. The normalized spacial score (nSPS) is 16.8. The summed E-state index contributed by atoms with van der Waals surface area (Å²) >= 11 is 1.56. The third kappa shape index (κ3) is 3.14. The summed E-state index contributed by atoms with van der Waals surface area (Å²) in [6.07, 6.45) is 6.26. The summed E-state index contributed by atoms with van der Waals surface area (Å²) < 4.78 is 10.8. The first-order valence-electron chi connectivity index (χ1n) is 7.75. The van der Waals surface area contributed by atoms with E-state index in [2.05, 4.69) is 4.98 Å². The van der Waals surface area contributed by atoms with Gasteiger partial charge in [0.1, 0.15) is 16.5 Å². The zero-order valence-electron chi connectivity index (χ0n) is 13.6. The first-order chi connectivity index (χ1) is 11.6. The molecule has 1 N–H and O–H groups in total. The fourth-order valence-corrected chi connectivity index (χ4v) is 4.02. The number of benzene rings is 1. The third-order valence-corrected chi connectivity index (χ3v) is 5.22. The molecule has 3 rings (SSSR count). The molecule has 1 aromatic heterocycles. The summed E-state index contributed by atoms with van der Waals surface area (Å²) in [5, 5.41) is 10.2. The van der Waals surface area contributed by atoms with E-state index in [-0.39, 0.29) is 0 Å². The van der Waals surface area contributed by atoms with E-state index in [0.29, 0.717) is 6.42 Å². The monoisotopic (exact) mass is 345 g/mol. The maximum absolute atomic E-state index is 11.4. The van der Waals surface area contributed by atoms with Crippen LogP contribution in [-0.2, 0) is 11.2 Å². The molecule has 2 aromatic rings. The van der Waals surface area contributed by atoms with Crippen LogP contribution in [-0.4, -0.2) is 30.3 Å². The lowest BCUT2D eigenvalue weighted by Gasteiger charge is -2.16. The number of hydrogen-bond acceptors (Lipinski definition) is 5. The highest BCUT2D eigenvalue weighted by atomic mass is 32.1. The number of thiazole rings is 1. The fraction of sp³-hybridized carbons (Fsp3) is 0.333. The highest BCUT2D eigenvalue weighted by Gasteiger charge is 2.29. The maximum atomic E-state index is 11.4. The number of carboxylic acids is 1. The molecule has 0 spiro atoms. The van der Waals surface area contributed by atoms with Crippen molar-refractivity contribution in [3.63, 3.8) is 0 Å². The first kappa shape index (κ1) is 16.5. The van der Waals surface area contributed by atoms with Gasteiger partial charge in [-0.1, -0.05) is 6.07 Å². The van der Waals surface area contributed by atoms with Gasteiger partial charge in [0.2, 0.25) is 0 Å². The Morgan fingerprint density at radius 1 is 1.29 bits per heavy atom. The Morgan fingerprint density at radius 2 is 2.00 bits per heavy atom. The second kappa shape index (κ2) is 7.05. The van der Waals surface area contributed by atoms with Crippen LogP contribution >= 0.6 is 11.3 Å². The van der Waals surface area contributed by atoms with E-state index in [1.54, 1.807) is 25.6 Å². The van der Waals surface area contributed by atoms with E-state index in [1.165, 1.54) is 0 Å². The number of rotatable bonds is 5. The molecule has 0 saturated carbocycles. The minimum atomic E-state index is -0.789. The zero-order chi connectivity index (χ0) is 17.1. The van der Waals surface area contributed by atoms with Crippen LogP contribution in [0.1, 0.15) is 39.9 Å². The van der Waals surface area contributed by atoms with Crippen LogP contribution in [0.15, 0.2) is 18.2 Å². The van der Waals surface area contributed by atoms with E-state index in [0.717, 1.165) is 45.5 Å². The van der Waals surface area contributed by atoms with Gasteiger partial charge in [0.15, 0.2) is 0 Å². The van der Waals surface area contributed by atoms with Crippen molar-refractivity contribution in [2.45, 2.75) is 25.2 Å². The van der Waals surface area contributed by atoms with Crippen molar-refractivity contribution < 1.29 is 19.4 Å². The lowest BCUT2D eigenvalue weighted by Crippen LogP contribution is -2.17. The molecule has 1 aliphatic rings. The lowest BCUT2D eigenvalue weighted by atomic mass is 9.91. The molecule has 0 bridgehead atoms. The molecule has 1 aromatic carbocycles. The highest BCUT2D eigenvalue weighted by Crippen LogP contribution is 2.36. The van der Waals surface area contributed by atoms with Gasteiger partial charge in [-0.2, -0.15) is 0 Å². The van der Waals surface area contributed by atoms with E-state index >= 15 is 0 Å². The van der Waals surface area contributed by atoms with Gasteiger partial charge in [0, 0.05) is 4.88 Å². The van der Waals surface area contributed by atoms with Gasteiger partial charge in [-0.15, -0.1) is 11.3 Å². The fourth-order valence-electron chi connectivity index (χ4n) is 2.95. The Balaban J connectivity index is 1.93. The summed E-state index contributed by atoms with van der Waals surface area (Å²) in [6, 6.07) is 5.61. The van der Waals surface area contributed by atoms with Crippen LogP contribution < -0.4 is 9.47 Å². The average molecular weight is 345 g/mol. The summed E-state index contributed by atoms with van der Waals surface area (Å²) in [5.41, 5.74) is 1.57. The van der Waals surface area contributed by atoms with E-state index in [1.807, 2.05) is 30.4 Å². The minimum Gasteiger partial charge on any atom is -0.496 e. The number of fused-ring (bicyclic) bond motifs is 1. The number of ether oxygens (including phenoxy) is 2. The van der Waals surface area contributed by atoms with Crippen molar-refractivity contribution in [2.75, 3.05) is 14.2 Å². The van der Waals surface area contributed by atoms with Crippen LogP contribution in [0.2, 0.25) is 0 Å². The molecule has 1 atom stereocenters. The smallest absolute Gasteiger partial charge is 0.312 e. The lowest BCUT2D eigenvalue weighted by molar-refractivity contribution is -0.139. The number of aryl methyl sites for hydroxylation is 1. The topological polar surface area (TPSA) is 68.7 Å². The van der Waals surface area contributed by atoms with Gasteiger partial charge >= 0.3 is 5.97 Å². The SMILES string of the molecule is COc1cccc(OC)c1/C=C/c1nc2c(s1)CCCC2C(=O)O. The molecule has 0 saturated heterocycles. The van der Waals surface area contributed by atoms with Crippen molar-refractivity contribution in [3.05, 3.63) is 39.3 Å². The highest BCUT2D eigenvalue weighted by molar-refractivity contribution is 7.12. The number of aliphatic carboxylic acids is 1. The molecule has 1 heterocycles. The largest absolute Gasteiger partial charge is 0.496 e. The second-order valence-electron chi connectivity index (χ2n) is 5.55. The van der Waals surface area contributed by atoms with Crippen LogP contribution in [0.4, 0.5) is 0 Å². The maximum Gasteiger partial charge on any atom is 0.312 e. The molecular formula is C18H19NO4S. The van der Waals surface area contributed by atoms with Gasteiger partial charge in [0.25, 0.3) is 0 Å². The molecule has 1 aliphatic carbocycles. The summed E-state index contributed by atoms with van der Waals surface area (Å²) in [7, 11) is 3.23. The molecule has 126 valence electrons. The summed E-state index contributed by atoms with van der Waals surface area (Å²) in [5.74, 6) is 0.168. The molecule has 6 heteroatoms. The Bertz CT molecular complexity index is 759. The van der Waals surface area contributed by atoms with Crippen molar-refractivity contribution in [3.8, 4) is 11.5 Å². The van der Waals surface area contributed by atoms with Gasteiger partial charge in [-0.3, -0.25) is 4.79 Å². The summed E-state index contributed by atoms with van der Waals surface area (Å²) in [6.45, 7) is 0. The van der Waals surface area contributed by atoms with Crippen molar-refractivity contribution in [2.24, 2.45) is 0 Å². The predicted octanol–water partition coefficient (Wildman–Crippen LogP) is 3.84. The number of nitrogens with zero attached hydrogens (tertiary/aromatic N) is 1. The molecule has 5 nitrogen and oxygen atoms in total.